The van der Waals surface area contributed by atoms with E-state index in [9.17, 15) is 10.1 Å². The molecule has 0 fully saturated rings. The monoisotopic (exact) mass is 247 g/mol. The average molecular weight is 247 g/mol. The van der Waals surface area contributed by atoms with Gasteiger partial charge in [-0.1, -0.05) is 26.0 Å². The Balaban J connectivity index is 3.19. The van der Waals surface area contributed by atoms with Crippen molar-refractivity contribution in [2.24, 2.45) is 5.92 Å². The lowest BCUT2D eigenvalue weighted by atomic mass is 9.98. The lowest BCUT2D eigenvalue weighted by molar-refractivity contribution is -0.427. The zero-order valence-electron chi connectivity index (χ0n) is 11.8. The predicted octanol–water partition coefficient (Wildman–Crippen LogP) is 4.28. The average Bonchev–Trinajstić information content (AvgIpc) is 2.23. The lowest BCUT2D eigenvalue weighted by Gasteiger charge is -2.07. The van der Waals surface area contributed by atoms with Gasteiger partial charge in [-0.25, -0.2) is 0 Å². The number of rotatable bonds is 4. The maximum atomic E-state index is 11.0. The van der Waals surface area contributed by atoms with Crippen molar-refractivity contribution in [3.8, 4) is 0 Å². The molecule has 0 unspecified atom stereocenters. The molecule has 0 amide bonds. The van der Waals surface area contributed by atoms with Gasteiger partial charge in [0, 0.05) is 12.5 Å². The molecule has 98 valence electrons. The first-order chi connectivity index (χ1) is 8.31. The van der Waals surface area contributed by atoms with Gasteiger partial charge in [-0.15, -0.1) is 0 Å². The molecular weight excluding hydrogens is 226 g/mol. The highest BCUT2D eigenvalue weighted by molar-refractivity contribution is 5.57. The van der Waals surface area contributed by atoms with Gasteiger partial charge in [0.25, 0.3) is 0 Å². The van der Waals surface area contributed by atoms with E-state index in [2.05, 4.69) is 13.0 Å². The summed E-state index contributed by atoms with van der Waals surface area (Å²) in [5, 5.41) is 11.0. The molecule has 1 aromatic rings. The Morgan fingerprint density at radius 2 is 1.78 bits per heavy atom. The molecule has 0 aromatic heterocycles. The molecule has 0 bridgehead atoms. The number of hydrogen-bond acceptors (Lipinski definition) is 2. The number of nitro groups is 1. The number of aryl methyl sites for hydroxylation is 3. The minimum absolute atomic E-state index is 0.269. The Kier molecular flexibility index (Phi) is 4.65. The zero-order valence-corrected chi connectivity index (χ0v) is 11.8. The number of benzene rings is 1. The van der Waals surface area contributed by atoms with Crippen LogP contribution in [0.5, 0.6) is 0 Å². The maximum absolute atomic E-state index is 11.0. The molecule has 3 nitrogen and oxygen atoms in total. The Hall–Kier alpha value is -1.64. The Morgan fingerprint density at radius 3 is 2.28 bits per heavy atom. The summed E-state index contributed by atoms with van der Waals surface area (Å²) in [6.45, 7) is 10.1. The topological polar surface area (TPSA) is 43.1 Å². The first kappa shape index (κ1) is 14.4. The standard InChI is InChI=1S/C15H21NO2/c1-10(2)6-15(16(17)18)9-14-8-12(4)11(3)7-13(14)5/h7-10H,6H2,1-5H3. The van der Waals surface area contributed by atoms with Gasteiger partial charge in [0.05, 0.1) is 4.92 Å². The van der Waals surface area contributed by atoms with Crippen LogP contribution in [-0.4, -0.2) is 4.92 Å². The van der Waals surface area contributed by atoms with Gasteiger partial charge in [-0.05, 0) is 48.9 Å². The molecule has 0 radical (unpaired) electrons. The SMILES string of the molecule is Cc1cc(C)c(C=C(CC(C)C)[N+](=O)[O-])cc1C. The highest BCUT2D eigenvalue weighted by Crippen LogP contribution is 2.21. The summed E-state index contributed by atoms with van der Waals surface area (Å²) >= 11 is 0. The summed E-state index contributed by atoms with van der Waals surface area (Å²) in [6, 6.07) is 4.10. The van der Waals surface area contributed by atoms with E-state index in [-0.39, 0.29) is 16.5 Å². The van der Waals surface area contributed by atoms with Crippen molar-refractivity contribution < 1.29 is 4.92 Å². The van der Waals surface area contributed by atoms with E-state index >= 15 is 0 Å². The molecule has 18 heavy (non-hydrogen) atoms. The van der Waals surface area contributed by atoms with Gasteiger partial charge in [0.15, 0.2) is 0 Å². The Labute approximate surface area is 109 Å². The molecule has 0 heterocycles. The first-order valence-corrected chi connectivity index (χ1v) is 6.24. The molecule has 0 aliphatic heterocycles. The molecule has 0 saturated heterocycles. The summed E-state index contributed by atoms with van der Waals surface area (Å²) in [6.07, 6.45) is 2.21. The van der Waals surface area contributed by atoms with E-state index in [1.54, 1.807) is 6.08 Å². The molecule has 0 spiro atoms. The van der Waals surface area contributed by atoms with Crippen molar-refractivity contribution in [1.82, 2.24) is 0 Å². The number of nitrogens with zero attached hydrogens (tertiary/aromatic N) is 1. The molecule has 0 aliphatic carbocycles. The van der Waals surface area contributed by atoms with Crippen LogP contribution < -0.4 is 0 Å². The van der Waals surface area contributed by atoms with Gasteiger partial charge in [-0.2, -0.15) is 0 Å². The largest absolute Gasteiger partial charge is 0.259 e. The van der Waals surface area contributed by atoms with Crippen LogP contribution in [-0.2, 0) is 0 Å². The summed E-state index contributed by atoms with van der Waals surface area (Å²) in [4.78, 5) is 10.8. The van der Waals surface area contributed by atoms with E-state index in [1.807, 2.05) is 33.8 Å². The summed E-state index contributed by atoms with van der Waals surface area (Å²) in [5.41, 5.74) is 4.71. The fraction of sp³-hybridized carbons (Fsp3) is 0.467. The van der Waals surface area contributed by atoms with Gasteiger partial charge < -0.3 is 0 Å². The van der Waals surface area contributed by atoms with Crippen LogP contribution in [0, 0.1) is 36.8 Å². The van der Waals surface area contributed by atoms with Crippen LogP contribution in [0.25, 0.3) is 6.08 Å². The smallest absolute Gasteiger partial charge is 0.247 e. The van der Waals surface area contributed by atoms with E-state index < -0.39 is 0 Å². The number of hydrogen-bond donors (Lipinski definition) is 0. The van der Waals surface area contributed by atoms with E-state index in [1.165, 1.54) is 11.1 Å². The van der Waals surface area contributed by atoms with Crippen LogP contribution in [0.4, 0.5) is 0 Å². The molecule has 0 N–H and O–H groups in total. The third kappa shape index (κ3) is 3.69. The van der Waals surface area contributed by atoms with Gasteiger partial charge in [0.2, 0.25) is 5.70 Å². The second-order valence-electron chi connectivity index (χ2n) is 5.28. The van der Waals surface area contributed by atoms with Gasteiger partial charge in [-0.3, -0.25) is 10.1 Å². The Morgan fingerprint density at radius 1 is 1.22 bits per heavy atom. The van der Waals surface area contributed by atoms with Gasteiger partial charge >= 0.3 is 0 Å². The van der Waals surface area contributed by atoms with Crippen molar-refractivity contribution in [2.75, 3.05) is 0 Å². The maximum Gasteiger partial charge on any atom is 0.247 e. The minimum atomic E-state index is -0.269. The summed E-state index contributed by atoms with van der Waals surface area (Å²) in [5.74, 6) is 0.286. The van der Waals surface area contributed by atoms with Crippen molar-refractivity contribution in [2.45, 2.75) is 41.0 Å². The molecular formula is C15H21NO2. The quantitative estimate of drug-likeness (QED) is 0.589. The van der Waals surface area contributed by atoms with Crippen molar-refractivity contribution >= 4 is 6.08 Å². The van der Waals surface area contributed by atoms with E-state index in [4.69, 9.17) is 0 Å². The normalized spacial score (nSPS) is 12.0. The number of allylic oxidation sites excluding steroid dienone is 1. The van der Waals surface area contributed by atoms with E-state index in [0.717, 1.165) is 11.1 Å². The zero-order chi connectivity index (χ0) is 13.9. The molecule has 1 aromatic carbocycles. The molecule has 0 atom stereocenters. The van der Waals surface area contributed by atoms with Gasteiger partial charge in [0.1, 0.15) is 0 Å². The lowest BCUT2D eigenvalue weighted by Crippen LogP contribution is -2.03. The Bertz CT molecular complexity index is 488. The third-order valence-corrected chi connectivity index (χ3v) is 3.06. The molecule has 0 aliphatic rings. The fourth-order valence-electron chi connectivity index (χ4n) is 1.92. The molecule has 1 rings (SSSR count). The van der Waals surface area contributed by atoms with Crippen LogP contribution in [0.1, 0.15) is 42.5 Å². The highest BCUT2D eigenvalue weighted by Gasteiger charge is 2.14. The second-order valence-corrected chi connectivity index (χ2v) is 5.28. The third-order valence-electron chi connectivity index (χ3n) is 3.06. The van der Waals surface area contributed by atoms with Crippen LogP contribution in [0.3, 0.4) is 0 Å². The van der Waals surface area contributed by atoms with Crippen LogP contribution >= 0.6 is 0 Å². The van der Waals surface area contributed by atoms with E-state index in [0.29, 0.717) is 6.42 Å². The summed E-state index contributed by atoms with van der Waals surface area (Å²) < 4.78 is 0. The molecule has 3 heteroatoms. The van der Waals surface area contributed by atoms with Crippen molar-refractivity contribution in [3.63, 3.8) is 0 Å². The fourth-order valence-corrected chi connectivity index (χ4v) is 1.92. The van der Waals surface area contributed by atoms with Crippen LogP contribution in [0.2, 0.25) is 0 Å². The second kappa shape index (κ2) is 5.80. The summed E-state index contributed by atoms with van der Waals surface area (Å²) in [7, 11) is 0. The van der Waals surface area contributed by atoms with Crippen LogP contribution in [0.15, 0.2) is 17.8 Å². The predicted molar refractivity (Wildman–Crippen MR) is 75.1 cm³/mol. The molecule has 0 saturated carbocycles. The van der Waals surface area contributed by atoms with Crippen molar-refractivity contribution in [1.29, 1.82) is 0 Å². The minimum Gasteiger partial charge on any atom is -0.259 e. The van der Waals surface area contributed by atoms with Crippen molar-refractivity contribution in [3.05, 3.63) is 50.2 Å². The first-order valence-electron chi connectivity index (χ1n) is 6.24. The highest BCUT2D eigenvalue weighted by atomic mass is 16.6.